The molecule has 0 amide bonds. The smallest absolute Gasteiger partial charge is 0.155 e. The zero-order valence-corrected chi connectivity index (χ0v) is 13.7. The highest BCUT2D eigenvalue weighted by Crippen LogP contribution is 2.62. The predicted octanol–water partition coefficient (Wildman–Crippen LogP) is 4.66. The van der Waals surface area contributed by atoms with Gasteiger partial charge in [0.25, 0.3) is 0 Å². The zero-order valence-electron chi connectivity index (χ0n) is 13.7. The first-order valence-electron chi connectivity index (χ1n) is 9.13. The van der Waals surface area contributed by atoms with Gasteiger partial charge in [-0.2, -0.15) is 0 Å². The van der Waals surface area contributed by atoms with Gasteiger partial charge in [0.15, 0.2) is 5.78 Å². The van der Waals surface area contributed by atoms with Gasteiger partial charge in [0.05, 0.1) is 6.26 Å². The molecule has 2 heteroatoms. The first-order valence-corrected chi connectivity index (χ1v) is 9.13. The maximum atomic E-state index is 11.7. The first kappa shape index (κ1) is 14.5. The van der Waals surface area contributed by atoms with Gasteiger partial charge < -0.3 is 4.74 Å². The van der Waals surface area contributed by atoms with E-state index in [1.807, 2.05) is 6.08 Å². The highest BCUT2D eigenvalue weighted by atomic mass is 16.5. The van der Waals surface area contributed by atoms with Crippen LogP contribution >= 0.6 is 0 Å². The summed E-state index contributed by atoms with van der Waals surface area (Å²) in [6, 6.07) is 0. The third kappa shape index (κ3) is 2.02. The second-order valence-corrected chi connectivity index (χ2v) is 8.22. The SMILES string of the molecule is C=CO[C@H]1CC[C@H]2[C@@H]3CCC4=CC(=O)CC[C@@H]4[C@H]3CC[C@]12C. The number of hydrogen-bond donors (Lipinski definition) is 0. The molecule has 0 N–H and O–H groups in total. The number of hydrogen-bond acceptors (Lipinski definition) is 2. The molecule has 2 nitrogen and oxygen atoms in total. The molecule has 3 saturated carbocycles. The second kappa shape index (κ2) is 5.25. The quantitative estimate of drug-likeness (QED) is 0.693. The summed E-state index contributed by atoms with van der Waals surface area (Å²) in [6.07, 6.45) is 13.5. The van der Waals surface area contributed by atoms with E-state index < -0.39 is 0 Å². The summed E-state index contributed by atoms with van der Waals surface area (Å²) in [4.78, 5) is 11.7. The normalized spacial score (nSPS) is 47.0. The Hall–Kier alpha value is -1.05. The molecule has 120 valence electrons. The molecule has 4 rings (SSSR count). The van der Waals surface area contributed by atoms with Crippen LogP contribution in [0.5, 0.6) is 0 Å². The molecule has 6 atom stereocenters. The molecular weight excluding hydrogens is 272 g/mol. The number of carbonyl (C=O) groups is 1. The average molecular weight is 300 g/mol. The molecule has 22 heavy (non-hydrogen) atoms. The number of ether oxygens (including phenoxy) is 1. The van der Waals surface area contributed by atoms with Crippen molar-refractivity contribution in [3.05, 3.63) is 24.5 Å². The minimum absolute atomic E-state index is 0.348. The fourth-order valence-corrected chi connectivity index (χ4v) is 6.47. The van der Waals surface area contributed by atoms with E-state index in [0.717, 1.165) is 37.0 Å². The van der Waals surface area contributed by atoms with E-state index in [-0.39, 0.29) is 0 Å². The maximum Gasteiger partial charge on any atom is 0.155 e. The van der Waals surface area contributed by atoms with Crippen LogP contribution in [0.4, 0.5) is 0 Å². The molecule has 0 saturated heterocycles. The topological polar surface area (TPSA) is 26.3 Å². The van der Waals surface area contributed by atoms with Gasteiger partial charge in [-0.25, -0.2) is 0 Å². The van der Waals surface area contributed by atoms with Crippen molar-refractivity contribution in [2.45, 2.75) is 64.4 Å². The minimum Gasteiger partial charge on any atom is -0.498 e. The highest BCUT2D eigenvalue weighted by molar-refractivity contribution is 5.91. The number of ketones is 1. The van der Waals surface area contributed by atoms with Crippen LogP contribution in [0, 0.1) is 29.1 Å². The van der Waals surface area contributed by atoms with Gasteiger partial charge in [0.1, 0.15) is 6.10 Å². The molecule has 3 fully saturated rings. The summed E-state index contributed by atoms with van der Waals surface area (Å²) < 4.78 is 5.88. The fourth-order valence-electron chi connectivity index (χ4n) is 6.47. The predicted molar refractivity (Wildman–Crippen MR) is 87.2 cm³/mol. The monoisotopic (exact) mass is 300 g/mol. The zero-order chi connectivity index (χ0) is 15.3. The van der Waals surface area contributed by atoms with Crippen molar-refractivity contribution >= 4 is 5.78 Å². The van der Waals surface area contributed by atoms with Gasteiger partial charge in [-0.15, -0.1) is 0 Å². The molecule has 0 radical (unpaired) electrons. The summed E-state index contributed by atoms with van der Waals surface area (Å²) >= 11 is 0. The van der Waals surface area contributed by atoms with Crippen molar-refractivity contribution in [2.24, 2.45) is 29.1 Å². The van der Waals surface area contributed by atoms with Crippen LogP contribution in [0.25, 0.3) is 0 Å². The van der Waals surface area contributed by atoms with Crippen LogP contribution in [0.1, 0.15) is 58.3 Å². The Bertz CT molecular complexity index is 520. The van der Waals surface area contributed by atoms with Crippen molar-refractivity contribution in [2.75, 3.05) is 0 Å². The first-order chi connectivity index (χ1) is 10.6. The molecule has 0 spiro atoms. The van der Waals surface area contributed by atoms with E-state index in [0.29, 0.717) is 23.2 Å². The third-order valence-electron chi connectivity index (χ3n) is 7.47. The fraction of sp³-hybridized carbons (Fsp3) is 0.750. The minimum atomic E-state index is 0.348. The molecule has 0 unspecified atom stereocenters. The van der Waals surface area contributed by atoms with Crippen LogP contribution in [-0.2, 0) is 9.53 Å². The lowest BCUT2D eigenvalue weighted by atomic mass is 9.52. The van der Waals surface area contributed by atoms with E-state index in [4.69, 9.17) is 4.74 Å². The lowest BCUT2D eigenvalue weighted by Gasteiger charge is -2.53. The van der Waals surface area contributed by atoms with Crippen molar-refractivity contribution in [1.82, 2.24) is 0 Å². The van der Waals surface area contributed by atoms with E-state index >= 15 is 0 Å². The summed E-state index contributed by atoms with van der Waals surface area (Å²) in [6.45, 7) is 6.24. The van der Waals surface area contributed by atoms with E-state index in [1.165, 1.54) is 37.7 Å². The van der Waals surface area contributed by atoms with Crippen LogP contribution < -0.4 is 0 Å². The Morgan fingerprint density at radius 3 is 2.86 bits per heavy atom. The Morgan fingerprint density at radius 2 is 2.05 bits per heavy atom. The van der Waals surface area contributed by atoms with Crippen LogP contribution in [-0.4, -0.2) is 11.9 Å². The van der Waals surface area contributed by atoms with E-state index in [2.05, 4.69) is 13.5 Å². The van der Waals surface area contributed by atoms with Gasteiger partial charge in [-0.05, 0) is 74.7 Å². The Labute approximate surface area is 134 Å². The van der Waals surface area contributed by atoms with Crippen molar-refractivity contribution < 1.29 is 9.53 Å². The molecule has 0 aliphatic heterocycles. The molecular formula is C20H28O2. The van der Waals surface area contributed by atoms with E-state index in [9.17, 15) is 4.79 Å². The third-order valence-corrected chi connectivity index (χ3v) is 7.47. The van der Waals surface area contributed by atoms with Crippen LogP contribution in [0.15, 0.2) is 24.5 Å². The van der Waals surface area contributed by atoms with Gasteiger partial charge in [-0.1, -0.05) is 19.1 Å². The molecule has 0 aromatic heterocycles. The highest BCUT2D eigenvalue weighted by Gasteiger charge is 2.56. The number of allylic oxidation sites excluding steroid dienone is 1. The Morgan fingerprint density at radius 1 is 1.18 bits per heavy atom. The summed E-state index contributed by atoms with van der Waals surface area (Å²) in [7, 11) is 0. The molecule has 4 aliphatic carbocycles. The lowest BCUT2D eigenvalue weighted by molar-refractivity contribution is -0.116. The second-order valence-electron chi connectivity index (χ2n) is 8.22. The molecule has 0 heterocycles. The summed E-state index contributed by atoms with van der Waals surface area (Å²) in [5, 5.41) is 0. The average Bonchev–Trinajstić information content (AvgIpc) is 2.84. The van der Waals surface area contributed by atoms with Gasteiger partial charge in [0.2, 0.25) is 0 Å². The van der Waals surface area contributed by atoms with Gasteiger partial charge in [-0.3, -0.25) is 4.79 Å². The standard InChI is InChI=1S/C20H28O2/c1-3-22-19-9-8-18-17-6-4-13-12-14(21)5-7-15(13)16(17)10-11-20(18,19)2/h3,12,15-19H,1,4-11H2,2H3/t15-,16+,17+,18-,19-,20-/m0/s1. The largest absolute Gasteiger partial charge is 0.498 e. The summed E-state index contributed by atoms with van der Waals surface area (Å²) in [5.74, 6) is 3.57. The molecule has 0 aromatic rings. The van der Waals surface area contributed by atoms with E-state index in [1.54, 1.807) is 6.26 Å². The summed E-state index contributed by atoms with van der Waals surface area (Å²) in [5.41, 5.74) is 1.83. The Kier molecular flexibility index (Phi) is 3.47. The van der Waals surface area contributed by atoms with Crippen molar-refractivity contribution in [3.63, 3.8) is 0 Å². The number of carbonyl (C=O) groups excluding carboxylic acids is 1. The Balaban J connectivity index is 1.59. The molecule has 0 bridgehead atoms. The lowest BCUT2D eigenvalue weighted by Crippen LogP contribution is -2.47. The molecule has 4 aliphatic rings. The molecule has 0 aromatic carbocycles. The number of fused-ring (bicyclic) bond motifs is 5. The van der Waals surface area contributed by atoms with Crippen LogP contribution in [0.3, 0.4) is 0 Å². The van der Waals surface area contributed by atoms with Gasteiger partial charge in [0, 0.05) is 11.8 Å². The van der Waals surface area contributed by atoms with Crippen molar-refractivity contribution in [3.8, 4) is 0 Å². The van der Waals surface area contributed by atoms with Crippen molar-refractivity contribution in [1.29, 1.82) is 0 Å². The number of rotatable bonds is 2. The van der Waals surface area contributed by atoms with Crippen LogP contribution in [0.2, 0.25) is 0 Å². The maximum absolute atomic E-state index is 11.7. The van der Waals surface area contributed by atoms with Gasteiger partial charge >= 0.3 is 0 Å².